The van der Waals surface area contributed by atoms with Gasteiger partial charge in [-0.2, -0.15) is 0 Å². The van der Waals surface area contributed by atoms with Crippen molar-refractivity contribution in [1.29, 1.82) is 0 Å². The Bertz CT molecular complexity index is 495. The smallest absolute Gasteiger partial charge is 0.243 e. The first-order valence-electron chi connectivity index (χ1n) is 7.41. The molecular formula is C16H24ClN3O2. The van der Waals surface area contributed by atoms with Gasteiger partial charge in [0.25, 0.3) is 0 Å². The Morgan fingerprint density at radius 3 is 2.59 bits per heavy atom. The second-order valence-electron chi connectivity index (χ2n) is 5.64. The fourth-order valence-electron chi connectivity index (χ4n) is 2.94. The maximum atomic E-state index is 12.4. The number of carbonyl (C=O) groups is 2. The number of nitrogens with one attached hydrogen (secondary N) is 1. The molecule has 0 saturated heterocycles. The van der Waals surface area contributed by atoms with Crippen LogP contribution in [0, 0.1) is 11.8 Å². The number of halogens is 1. The van der Waals surface area contributed by atoms with Crippen LogP contribution in [0.4, 0.5) is 5.69 Å². The molecule has 0 heterocycles. The normalized spacial score (nSPS) is 20.1. The van der Waals surface area contributed by atoms with Gasteiger partial charge in [0.15, 0.2) is 0 Å². The Morgan fingerprint density at radius 1 is 1.27 bits per heavy atom. The summed E-state index contributed by atoms with van der Waals surface area (Å²) < 4.78 is 0. The second-order valence-corrected chi connectivity index (χ2v) is 5.64. The molecule has 1 aliphatic carbocycles. The van der Waals surface area contributed by atoms with E-state index in [9.17, 15) is 9.59 Å². The first-order valence-corrected chi connectivity index (χ1v) is 7.41. The minimum absolute atomic E-state index is 0. The molecule has 6 heteroatoms. The SMILES string of the molecule is CN(CC(=O)Nc1ccccc1)C(=O)[C@@H]1CCC[C@@H]1CN.Cl. The number of hydrogen-bond acceptors (Lipinski definition) is 3. The van der Waals surface area contributed by atoms with Crippen molar-refractivity contribution in [2.45, 2.75) is 19.3 Å². The van der Waals surface area contributed by atoms with Crippen LogP contribution < -0.4 is 11.1 Å². The van der Waals surface area contributed by atoms with Gasteiger partial charge >= 0.3 is 0 Å². The molecule has 0 radical (unpaired) electrons. The molecular weight excluding hydrogens is 302 g/mol. The van der Waals surface area contributed by atoms with Crippen molar-refractivity contribution in [1.82, 2.24) is 4.90 Å². The Kier molecular flexibility index (Phi) is 7.35. The van der Waals surface area contributed by atoms with E-state index in [0.717, 1.165) is 24.9 Å². The van der Waals surface area contributed by atoms with Gasteiger partial charge in [0.05, 0.1) is 6.54 Å². The quantitative estimate of drug-likeness (QED) is 0.868. The first kappa shape index (κ1) is 18.5. The molecule has 2 atom stereocenters. The van der Waals surface area contributed by atoms with E-state index in [1.54, 1.807) is 7.05 Å². The van der Waals surface area contributed by atoms with E-state index in [1.807, 2.05) is 30.3 Å². The van der Waals surface area contributed by atoms with Crippen LogP contribution in [0.5, 0.6) is 0 Å². The van der Waals surface area contributed by atoms with E-state index < -0.39 is 0 Å². The van der Waals surface area contributed by atoms with Crippen molar-refractivity contribution in [3.05, 3.63) is 30.3 Å². The molecule has 0 unspecified atom stereocenters. The number of anilines is 1. The number of carbonyl (C=O) groups excluding carboxylic acids is 2. The summed E-state index contributed by atoms with van der Waals surface area (Å²) in [5.74, 6) is 0.0900. The van der Waals surface area contributed by atoms with Crippen molar-refractivity contribution >= 4 is 29.9 Å². The standard InChI is InChI=1S/C16H23N3O2.ClH/c1-19(16(21)14-9-5-6-12(14)10-17)11-15(20)18-13-7-3-2-4-8-13;/h2-4,7-8,12,14H,5-6,9-11,17H2,1H3,(H,18,20);1H/t12-,14-;/m1./s1. The lowest BCUT2D eigenvalue weighted by atomic mass is 9.95. The van der Waals surface area contributed by atoms with E-state index in [-0.39, 0.29) is 42.6 Å². The van der Waals surface area contributed by atoms with Gasteiger partial charge in [0.2, 0.25) is 11.8 Å². The highest BCUT2D eigenvalue weighted by Crippen LogP contribution is 2.32. The van der Waals surface area contributed by atoms with Crippen molar-refractivity contribution in [2.24, 2.45) is 17.6 Å². The molecule has 1 aromatic rings. The van der Waals surface area contributed by atoms with Gasteiger partial charge < -0.3 is 16.0 Å². The molecule has 122 valence electrons. The summed E-state index contributed by atoms with van der Waals surface area (Å²) in [6.45, 7) is 0.613. The molecule has 1 fully saturated rings. The minimum atomic E-state index is -0.181. The Labute approximate surface area is 137 Å². The second kappa shape index (κ2) is 8.76. The van der Waals surface area contributed by atoms with Gasteiger partial charge in [-0.3, -0.25) is 9.59 Å². The van der Waals surface area contributed by atoms with Gasteiger partial charge in [-0.25, -0.2) is 0 Å². The largest absolute Gasteiger partial charge is 0.336 e. The van der Waals surface area contributed by atoms with Crippen molar-refractivity contribution in [2.75, 3.05) is 25.5 Å². The number of likely N-dealkylation sites (N-methyl/N-ethyl adjacent to an activating group) is 1. The number of hydrogen-bond donors (Lipinski definition) is 2. The molecule has 5 nitrogen and oxygen atoms in total. The highest BCUT2D eigenvalue weighted by molar-refractivity contribution is 5.94. The van der Waals surface area contributed by atoms with E-state index in [0.29, 0.717) is 6.54 Å². The van der Waals surface area contributed by atoms with Gasteiger partial charge in [-0.1, -0.05) is 24.6 Å². The topological polar surface area (TPSA) is 75.4 Å². The molecule has 0 aliphatic heterocycles. The van der Waals surface area contributed by atoms with Crippen LogP contribution in [0.2, 0.25) is 0 Å². The molecule has 1 saturated carbocycles. The molecule has 1 aliphatic rings. The van der Waals surface area contributed by atoms with E-state index >= 15 is 0 Å². The molecule has 0 aromatic heterocycles. The van der Waals surface area contributed by atoms with Crippen LogP contribution in [0.25, 0.3) is 0 Å². The maximum absolute atomic E-state index is 12.4. The number of para-hydroxylation sites is 1. The van der Waals surface area contributed by atoms with Crippen molar-refractivity contribution in [3.8, 4) is 0 Å². The average molecular weight is 326 g/mol. The van der Waals surface area contributed by atoms with Crippen LogP contribution in [-0.2, 0) is 9.59 Å². The van der Waals surface area contributed by atoms with Crippen LogP contribution in [-0.4, -0.2) is 36.9 Å². The number of benzene rings is 1. The maximum Gasteiger partial charge on any atom is 0.243 e. The Hall–Kier alpha value is -1.59. The third-order valence-corrected chi connectivity index (χ3v) is 4.09. The molecule has 0 bridgehead atoms. The van der Waals surface area contributed by atoms with Gasteiger partial charge in [-0.15, -0.1) is 12.4 Å². The lowest BCUT2D eigenvalue weighted by Gasteiger charge is -2.24. The monoisotopic (exact) mass is 325 g/mol. The lowest BCUT2D eigenvalue weighted by molar-refractivity contribution is -0.137. The first-order chi connectivity index (χ1) is 10.1. The summed E-state index contributed by atoms with van der Waals surface area (Å²) >= 11 is 0. The molecule has 0 spiro atoms. The number of amides is 2. The summed E-state index contributed by atoms with van der Waals surface area (Å²) in [7, 11) is 1.68. The Morgan fingerprint density at radius 2 is 1.95 bits per heavy atom. The average Bonchev–Trinajstić information content (AvgIpc) is 2.95. The minimum Gasteiger partial charge on any atom is -0.336 e. The van der Waals surface area contributed by atoms with Crippen molar-refractivity contribution in [3.63, 3.8) is 0 Å². The fourth-order valence-corrected chi connectivity index (χ4v) is 2.94. The van der Waals surface area contributed by atoms with Crippen LogP contribution in [0.3, 0.4) is 0 Å². The third-order valence-electron chi connectivity index (χ3n) is 4.09. The lowest BCUT2D eigenvalue weighted by Crippen LogP contribution is -2.40. The van der Waals surface area contributed by atoms with E-state index in [4.69, 9.17) is 5.73 Å². The third kappa shape index (κ3) is 4.71. The summed E-state index contributed by atoms with van der Waals surface area (Å²) in [4.78, 5) is 25.9. The Balaban J connectivity index is 0.00000242. The van der Waals surface area contributed by atoms with Crippen LogP contribution in [0.15, 0.2) is 30.3 Å². The van der Waals surface area contributed by atoms with Crippen molar-refractivity contribution < 1.29 is 9.59 Å². The fraction of sp³-hybridized carbons (Fsp3) is 0.500. The van der Waals surface area contributed by atoms with Gasteiger partial charge in [0.1, 0.15) is 0 Å². The summed E-state index contributed by atoms with van der Waals surface area (Å²) in [6.07, 6.45) is 2.94. The highest BCUT2D eigenvalue weighted by Gasteiger charge is 2.34. The highest BCUT2D eigenvalue weighted by atomic mass is 35.5. The van der Waals surface area contributed by atoms with Crippen LogP contribution in [0.1, 0.15) is 19.3 Å². The summed E-state index contributed by atoms with van der Waals surface area (Å²) in [5, 5.41) is 2.79. The molecule has 2 rings (SSSR count). The van der Waals surface area contributed by atoms with E-state index in [1.165, 1.54) is 4.90 Å². The number of nitrogens with zero attached hydrogens (tertiary/aromatic N) is 1. The predicted octanol–water partition coefficient (Wildman–Crippen LogP) is 1.88. The molecule has 22 heavy (non-hydrogen) atoms. The number of nitrogens with two attached hydrogens (primary N) is 1. The zero-order valence-electron chi connectivity index (χ0n) is 12.8. The van der Waals surface area contributed by atoms with Gasteiger partial charge in [-0.05, 0) is 37.4 Å². The molecule has 1 aromatic carbocycles. The summed E-state index contributed by atoms with van der Waals surface area (Å²) in [6, 6.07) is 9.24. The summed E-state index contributed by atoms with van der Waals surface area (Å²) in [5.41, 5.74) is 6.46. The zero-order chi connectivity index (χ0) is 15.2. The zero-order valence-corrected chi connectivity index (χ0v) is 13.6. The molecule has 2 amide bonds. The van der Waals surface area contributed by atoms with Gasteiger partial charge in [0, 0.05) is 18.7 Å². The predicted molar refractivity (Wildman–Crippen MR) is 89.8 cm³/mol. The van der Waals surface area contributed by atoms with E-state index in [2.05, 4.69) is 5.32 Å². The molecule has 3 N–H and O–H groups in total. The van der Waals surface area contributed by atoms with Crippen LogP contribution >= 0.6 is 12.4 Å². The number of rotatable bonds is 5.